The largest absolute Gasteiger partial charge is 0.287 e. The topological polar surface area (TPSA) is 42.9 Å². The first kappa shape index (κ1) is 9.30. The molecule has 2 aromatic rings. The van der Waals surface area contributed by atoms with E-state index in [2.05, 4.69) is 9.97 Å². The highest BCUT2D eigenvalue weighted by molar-refractivity contribution is 7.07. The summed E-state index contributed by atoms with van der Waals surface area (Å²) in [6.45, 7) is 0. The van der Waals surface area contributed by atoms with Gasteiger partial charge in [-0.2, -0.15) is 0 Å². The first-order chi connectivity index (χ1) is 6.77. The zero-order valence-electron chi connectivity index (χ0n) is 6.98. The van der Waals surface area contributed by atoms with Crippen molar-refractivity contribution in [2.24, 2.45) is 0 Å². The van der Waals surface area contributed by atoms with Crippen molar-refractivity contribution in [3.8, 4) is 0 Å². The second kappa shape index (κ2) is 3.86. The van der Waals surface area contributed by atoms with E-state index in [1.54, 1.807) is 17.0 Å². The summed E-state index contributed by atoms with van der Waals surface area (Å²) in [5.74, 6) is -0.152. The number of pyridine rings is 1. The van der Waals surface area contributed by atoms with Crippen LogP contribution >= 0.6 is 22.9 Å². The number of hydrogen-bond donors (Lipinski definition) is 0. The minimum Gasteiger partial charge on any atom is -0.287 e. The molecule has 0 atom stereocenters. The average Bonchev–Trinajstić information content (AvgIpc) is 2.69. The fraction of sp³-hybridized carbons (Fsp3) is 0. The smallest absolute Gasteiger partial charge is 0.213 e. The molecule has 0 aliphatic heterocycles. The summed E-state index contributed by atoms with van der Waals surface area (Å²) < 4.78 is 0. The SMILES string of the molecule is O=C(c1cncc(Cl)c1)c1cscn1. The lowest BCUT2D eigenvalue weighted by Gasteiger charge is -1.96. The molecule has 70 valence electrons. The van der Waals surface area contributed by atoms with Gasteiger partial charge >= 0.3 is 0 Å². The maximum atomic E-state index is 11.7. The van der Waals surface area contributed by atoms with Crippen LogP contribution in [0.25, 0.3) is 0 Å². The lowest BCUT2D eigenvalue weighted by Crippen LogP contribution is -2.01. The Morgan fingerprint density at radius 1 is 1.43 bits per heavy atom. The summed E-state index contributed by atoms with van der Waals surface area (Å²) >= 11 is 7.10. The highest BCUT2D eigenvalue weighted by atomic mass is 35.5. The van der Waals surface area contributed by atoms with Crippen LogP contribution in [0.2, 0.25) is 5.02 Å². The number of nitrogens with zero attached hydrogens (tertiary/aromatic N) is 2. The highest BCUT2D eigenvalue weighted by Crippen LogP contribution is 2.13. The Morgan fingerprint density at radius 2 is 2.29 bits per heavy atom. The van der Waals surface area contributed by atoms with E-state index in [9.17, 15) is 4.79 Å². The molecule has 0 spiro atoms. The van der Waals surface area contributed by atoms with Crippen LogP contribution in [-0.2, 0) is 0 Å². The fourth-order valence-electron chi connectivity index (χ4n) is 1.01. The Labute approximate surface area is 89.4 Å². The van der Waals surface area contributed by atoms with Crippen molar-refractivity contribution in [3.63, 3.8) is 0 Å². The number of hydrogen-bond acceptors (Lipinski definition) is 4. The fourth-order valence-corrected chi connectivity index (χ4v) is 1.71. The molecule has 0 saturated carbocycles. The van der Waals surface area contributed by atoms with Crippen molar-refractivity contribution >= 4 is 28.7 Å². The normalized spacial score (nSPS) is 10.1. The van der Waals surface area contributed by atoms with Crippen LogP contribution in [0.15, 0.2) is 29.4 Å². The molecule has 0 bridgehead atoms. The predicted octanol–water partition coefficient (Wildman–Crippen LogP) is 2.42. The van der Waals surface area contributed by atoms with Crippen molar-refractivity contribution in [3.05, 3.63) is 45.6 Å². The summed E-state index contributed by atoms with van der Waals surface area (Å²) in [6, 6.07) is 1.58. The predicted molar refractivity (Wildman–Crippen MR) is 54.8 cm³/mol. The Balaban J connectivity index is 2.37. The maximum Gasteiger partial charge on any atom is 0.213 e. The molecule has 0 aliphatic carbocycles. The van der Waals surface area contributed by atoms with Crippen LogP contribution in [0.3, 0.4) is 0 Å². The Morgan fingerprint density at radius 3 is 2.93 bits per heavy atom. The standard InChI is InChI=1S/C9H5ClN2OS/c10-7-1-6(2-11-3-7)9(13)8-4-14-5-12-8/h1-5H. The third-order valence-corrected chi connectivity index (χ3v) is 2.43. The molecule has 0 N–H and O–H groups in total. The summed E-state index contributed by atoms with van der Waals surface area (Å²) in [5.41, 5.74) is 2.51. The van der Waals surface area contributed by atoms with Crippen molar-refractivity contribution in [2.75, 3.05) is 0 Å². The molecular formula is C9H5ClN2OS. The van der Waals surface area contributed by atoms with Gasteiger partial charge in [0.25, 0.3) is 0 Å². The molecule has 14 heavy (non-hydrogen) atoms. The van der Waals surface area contributed by atoms with Crippen LogP contribution in [0, 0.1) is 0 Å². The molecule has 0 saturated heterocycles. The van der Waals surface area contributed by atoms with Gasteiger partial charge in [0.05, 0.1) is 10.5 Å². The molecule has 0 aromatic carbocycles. The van der Waals surface area contributed by atoms with Crippen LogP contribution in [0.1, 0.15) is 16.1 Å². The van der Waals surface area contributed by atoms with Gasteiger partial charge in [-0.15, -0.1) is 11.3 Å². The minimum absolute atomic E-state index is 0.152. The van der Waals surface area contributed by atoms with Gasteiger partial charge in [0, 0.05) is 23.3 Å². The van der Waals surface area contributed by atoms with E-state index < -0.39 is 0 Å². The molecule has 0 radical (unpaired) electrons. The van der Waals surface area contributed by atoms with Crippen molar-refractivity contribution < 1.29 is 4.79 Å². The second-order valence-electron chi connectivity index (χ2n) is 2.59. The van der Waals surface area contributed by atoms with E-state index in [1.165, 1.54) is 23.7 Å². The molecule has 2 heterocycles. The third-order valence-electron chi connectivity index (χ3n) is 1.63. The van der Waals surface area contributed by atoms with Crippen LogP contribution in [0.5, 0.6) is 0 Å². The first-order valence-corrected chi connectivity index (χ1v) is 5.13. The third kappa shape index (κ3) is 1.81. The van der Waals surface area contributed by atoms with E-state index in [0.29, 0.717) is 16.3 Å². The monoisotopic (exact) mass is 224 g/mol. The zero-order chi connectivity index (χ0) is 9.97. The summed E-state index contributed by atoms with van der Waals surface area (Å²) in [7, 11) is 0. The summed E-state index contributed by atoms with van der Waals surface area (Å²) in [5, 5.41) is 2.15. The van der Waals surface area contributed by atoms with Gasteiger partial charge in [-0.25, -0.2) is 4.98 Å². The molecule has 3 nitrogen and oxygen atoms in total. The zero-order valence-corrected chi connectivity index (χ0v) is 8.55. The van der Waals surface area contributed by atoms with Gasteiger partial charge in [-0.3, -0.25) is 9.78 Å². The number of halogens is 1. The first-order valence-electron chi connectivity index (χ1n) is 3.81. The second-order valence-corrected chi connectivity index (χ2v) is 3.75. The van der Waals surface area contributed by atoms with E-state index in [1.807, 2.05) is 0 Å². The van der Waals surface area contributed by atoms with Gasteiger partial charge in [-0.05, 0) is 6.07 Å². The molecule has 2 aromatic heterocycles. The number of carbonyl (C=O) groups is 1. The number of ketones is 1. The van der Waals surface area contributed by atoms with Crippen LogP contribution < -0.4 is 0 Å². The number of rotatable bonds is 2. The number of thiazole rings is 1. The summed E-state index contributed by atoms with van der Waals surface area (Å²) in [4.78, 5) is 19.5. The van der Waals surface area contributed by atoms with E-state index >= 15 is 0 Å². The lowest BCUT2D eigenvalue weighted by atomic mass is 10.1. The Bertz CT molecular complexity index is 456. The molecule has 5 heteroatoms. The number of aromatic nitrogens is 2. The Kier molecular flexibility index (Phi) is 2.56. The van der Waals surface area contributed by atoms with E-state index in [4.69, 9.17) is 11.6 Å². The molecule has 2 rings (SSSR count). The molecule has 0 amide bonds. The van der Waals surface area contributed by atoms with Gasteiger partial charge < -0.3 is 0 Å². The lowest BCUT2D eigenvalue weighted by molar-refractivity contribution is 0.103. The number of carbonyl (C=O) groups excluding carboxylic acids is 1. The van der Waals surface area contributed by atoms with Crippen molar-refractivity contribution in [1.29, 1.82) is 0 Å². The van der Waals surface area contributed by atoms with Gasteiger partial charge in [0.15, 0.2) is 0 Å². The highest BCUT2D eigenvalue weighted by Gasteiger charge is 2.11. The van der Waals surface area contributed by atoms with Crippen molar-refractivity contribution in [2.45, 2.75) is 0 Å². The maximum absolute atomic E-state index is 11.7. The average molecular weight is 225 g/mol. The van der Waals surface area contributed by atoms with E-state index in [0.717, 1.165) is 0 Å². The minimum atomic E-state index is -0.152. The quantitative estimate of drug-likeness (QED) is 0.736. The molecule has 0 unspecified atom stereocenters. The van der Waals surface area contributed by atoms with Gasteiger partial charge in [0.2, 0.25) is 5.78 Å². The summed E-state index contributed by atoms with van der Waals surface area (Å²) in [6.07, 6.45) is 2.97. The molecule has 0 aliphatic rings. The van der Waals surface area contributed by atoms with E-state index in [-0.39, 0.29) is 5.78 Å². The van der Waals surface area contributed by atoms with Gasteiger partial charge in [0.1, 0.15) is 5.69 Å². The van der Waals surface area contributed by atoms with Crippen molar-refractivity contribution in [1.82, 2.24) is 9.97 Å². The molecular weight excluding hydrogens is 220 g/mol. The van der Waals surface area contributed by atoms with Crippen LogP contribution in [-0.4, -0.2) is 15.8 Å². The Hall–Kier alpha value is -1.26. The molecule has 0 fully saturated rings. The van der Waals surface area contributed by atoms with Gasteiger partial charge in [-0.1, -0.05) is 11.6 Å². The van der Waals surface area contributed by atoms with Crippen LogP contribution in [0.4, 0.5) is 0 Å².